The molecule has 0 radical (unpaired) electrons. The number of carbonyl (C=O) groups excluding carboxylic acids is 2. The maximum Gasteiger partial charge on any atom is 0.290 e. The number of benzene rings is 1. The number of nitrogens with one attached hydrogen (secondary N) is 1. The van der Waals surface area contributed by atoms with Gasteiger partial charge in [-0.1, -0.05) is 37.6 Å². The Morgan fingerprint density at radius 2 is 2.06 bits per heavy atom. The van der Waals surface area contributed by atoms with Gasteiger partial charge in [0.1, 0.15) is 5.54 Å². The summed E-state index contributed by atoms with van der Waals surface area (Å²) in [6.07, 6.45) is 8.72. The van der Waals surface area contributed by atoms with E-state index in [9.17, 15) is 9.59 Å². The van der Waals surface area contributed by atoms with Gasteiger partial charge in [-0.05, 0) is 63.5 Å². The van der Waals surface area contributed by atoms with Crippen LogP contribution >= 0.6 is 0 Å². The molecule has 1 unspecified atom stereocenters. The maximum atomic E-state index is 13.6. The van der Waals surface area contributed by atoms with Gasteiger partial charge < -0.3 is 14.8 Å². The highest BCUT2D eigenvalue weighted by molar-refractivity contribution is 6.01. The Morgan fingerprint density at radius 3 is 2.81 bits per heavy atom. The Balaban J connectivity index is 1.65. The molecular weight excluding hydrogens is 388 g/mol. The molecule has 4 rings (SSSR count). The molecule has 6 nitrogen and oxygen atoms in total. The number of fused-ring (bicyclic) bond motifs is 3. The summed E-state index contributed by atoms with van der Waals surface area (Å²) in [4.78, 5) is 33.4. The molecule has 1 aromatic carbocycles. The minimum absolute atomic E-state index is 0.0810. The molecule has 31 heavy (non-hydrogen) atoms. The Hall–Kier alpha value is -2.63. The normalized spacial score (nSPS) is 21.4. The number of allylic oxidation sites excluding steroid dienone is 1. The Morgan fingerprint density at radius 1 is 1.26 bits per heavy atom. The van der Waals surface area contributed by atoms with E-state index in [0.29, 0.717) is 31.4 Å². The molecule has 1 N–H and O–H groups in total. The minimum atomic E-state index is -0.945. The number of para-hydroxylation sites is 2. The van der Waals surface area contributed by atoms with Crippen LogP contribution in [0.5, 0.6) is 0 Å². The number of hydrogen-bond donors (Lipinski definition) is 1. The predicted molar refractivity (Wildman–Crippen MR) is 123 cm³/mol. The number of nitrogens with zero attached hydrogens (tertiary/aromatic N) is 3. The highest BCUT2D eigenvalue weighted by Crippen LogP contribution is 2.32. The molecule has 2 aliphatic rings. The molecule has 1 aliphatic heterocycles. The fourth-order valence-corrected chi connectivity index (χ4v) is 4.73. The average Bonchev–Trinajstić information content (AvgIpc) is 3.12. The summed E-state index contributed by atoms with van der Waals surface area (Å²) in [6.45, 7) is 7.78. The first kappa shape index (κ1) is 21.6. The van der Waals surface area contributed by atoms with Crippen LogP contribution in [-0.4, -0.2) is 44.9 Å². The standard InChI is InChI=1S/C25H34N4O2/c1-18(2)13-15-26-24(31)25(3)17-28-21-12-8-7-11-20(21)27-22(28)23(30)29(25)16-14-19-9-5-4-6-10-19/h7-9,11-12,18H,4-6,10,13-17H2,1-3H3,(H,26,31). The van der Waals surface area contributed by atoms with E-state index in [0.717, 1.165) is 36.7 Å². The molecule has 0 saturated heterocycles. The zero-order valence-corrected chi connectivity index (χ0v) is 19.0. The third-order valence-corrected chi connectivity index (χ3v) is 6.69. The molecule has 2 heterocycles. The van der Waals surface area contributed by atoms with E-state index >= 15 is 0 Å². The van der Waals surface area contributed by atoms with Gasteiger partial charge in [0.25, 0.3) is 5.91 Å². The van der Waals surface area contributed by atoms with Gasteiger partial charge in [-0.15, -0.1) is 0 Å². The van der Waals surface area contributed by atoms with Gasteiger partial charge in [0, 0.05) is 13.1 Å². The summed E-state index contributed by atoms with van der Waals surface area (Å²) in [6, 6.07) is 7.77. The molecule has 0 spiro atoms. The van der Waals surface area contributed by atoms with Crippen molar-refractivity contribution < 1.29 is 9.59 Å². The topological polar surface area (TPSA) is 67.2 Å². The van der Waals surface area contributed by atoms with Crippen molar-refractivity contribution in [2.45, 2.75) is 71.4 Å². The van der Waals surface area contributed by atoms with Crippen molar-refractivity contribution in [2.24, 2.45) is 5.92 Å². The summed E-state index contributed by atoms with van der Waals surface area (Å²) in [7, 11) is 0. The van der Waals surface area contributed by atoms with Crippen molar-refractivity contribution >= 4 is 22.8 Å². The van der Waals surface area contributed by atoms with E-state index in [1.54, 1.807) is 4.90 Å². The zero-order valence-electron chi connectivity index (χ0n) is 19.0. The van der Waals surface area contributed by atoms with Crippen LogP contribution in [0.25, 0.3) is 11.0 Å². The van der Waals surface area contributed by atoms with E-state index in [1.165, 1.54) is 18.4 Å². The number of aromatic nitrogens is 2. The van der Waals surface area contributed by atoms with Crippen molar-refractivity contribution in [1.29, 1.82) is 0 Å². The number of amides is 2. The average molecular weight is 423 g/mol. The van der Waals surface area contributed by atoms with Gasteiger partial charge >= 0.3 is 0 Å². The van der Waals surface area contributed by atoms with Gasteiger partial charge in [0.15, 0.2) is 5.82 Å². The molecule has 0 saturated carbocycles. The highest BCUT2D eigenvalue weighted by Gasteiger charge is 2.48. The SMILES string of the molecule is CC(C)CCNC(=O)C1(C)Cn2c(nc3ccccc32)C(=O)N1CCC1=CCCCC1. The van der Waals surface area contributed by atoms with E-state index in [2.05, 4.69) is 30.2 Å². The van der Waals surface area contributed by atoms with E-state index in [-0.39, 0.29) is 11.8 Å². The van der Waals surface area contributed by atoms with E-state index in [4.69, 9.17) is 0 Å². The lowest BCUT2D eigenvalue weighted by molar-refractivity contribution is -0.132. The lowest BCUT2D eigenvalue weighted by Crippen LogP contribution is -2.64. The van der Waals surface area contributed by atoms with E-state index in [1.807, 2.05) is 35.8 Å². The first-order valence-electron chi connectivity index (χ1n) is 11.6. The van der Waals surface area contributed by atoms with Crippen LogP contribution in [0.15, 0.2) is 35.9 Å². The smallest absolute Gasteiger partial charge is 0.290 e. The summed E-state index contributed by atoms with van der Waals surface area (Å²) in [5.74, 6) is 0.717. The quantitative estimate of drug-likeness (QED) is 0.677. The molecule has 2 amide bonds. The van der Waals surface area contributed by atoms with Crippen molar-refractivity contribution in [3.8, 4) is 0 Å². The Bertz CT molecular complexity index is 1010. The summed E-state index contributed by atoms with van der Waals surface area (Å²) in [5, 5.41) is 3.10. The van der Waals surface area contributed by atoms with Crippen molar-refractivity contribution in [2.75, 3.05) is 13.1 Å². The molecule has 166 valence electrons. The van der Waals surface area contributed by atoms with Crippen LogP contribution in [0.1, 0.15) is 69.9 Å². The lowest BCUT2D eigenvalue weighted by atomic mass is 9.92. The highest BCUT2D eigenvalue weighted by atomic mass is 16.2. The lowest BCUT2D eigenvalue weighted by Gasteiger charge is -2.43. The van der Waals surface area contributed by atoms with Crippen molar-refractivity contribution in [3.63, 3.8) is 0 Å². The molecular formula is C25H34N4O2. The Kier molecular flexibility index (Phi) is 6.17. The summed E-state index contributed by atoms with van der Waals surface area (Å²) < 4.78 is 1.93. The second-order valence-electron chi connectivity index (χ2n) is 9.54. The van der Waals surface area contributed by atoms with Gasteiger partial charge in [0.05, 0.1) is 17.6 Å². The Labute approximate surface area is 184 Å². The number of rotatable bonds is 7. The molecule has 0 bridgehead atoms. The van der Waals surface area contributed by atoms with Crippen LogP contribution in [0.2, 0.25) is 0 Å². The van der Waals surface area contributed by atoms with E-state index < -0.39 is 5.54 Å². The van der Waals surface area contributed by atoms with Crippen LogP contribution in [0, 0.1) is 5.92 Å². The second kappa shape index (κ2) is 8.85. The van der Waals surface area contributed by atoms with Gasteiger partial charge in [-0.25, -0.2) is 4.98 Å². The molecule has 1 aliphatic carbocycles. The predicted octanol–water partition coefficient (Wildman–Crippen LogP) is 4.30. The fraction of sp³-hybridized carbons (Fsp3) is 0.560. The van der Waals surface area contributed by atoms with Crippen LogP contribution in [0.3, 0.4) is 0 Å². The van der Waals surface area contributed by atoms with Gasteiger partial charge in [0.2, 0.25) is 5.91 Å². The van der Waals surface area contributed by atoms with Crippen molar-refractivity contribution in [1.82, 2.24) is 19.8 Å². The van der Waals surface area contributed by atoms with Crippen LogP contribution in [-0.2, 0) is 11.3 Å². The monoisotopic (exact) mass is 422 g/mol. The molecule has 6 heteroatoms. The minimum Gasteiger partial charge on any atom is -0.354 e. The number of hydrogen-bond acceptors (Lipinski definition) is 3. The third-order valence-electron chi connectivity index (χ3n) is 6.69. The number of imidazole rings is 1. The van der Waals surface area contributed by atoms with Gasteiger partial charge in [-0.2, -0.15) is 0 Å². The number of carbonyl (C=O) groups is 2. The molecule has 2 aromatic rings. The fourth-order valence-electron chi connectivity index (χ4n) is 4.73. The maximum absolute atomic E-state index is 13.6. The van der Waals surface area contributed by atoms with Crippen LogP contribution in [0.4, 0.5) is 0 Å². The molecule has 0 fully saturated rings. The molecule has 1 aromatic heterocycles. The van der Waals surface area contributed by atoms with Crippen molar-refractivity contribution in [3.05, 3.63) is 41.7 Å². The zero-order chi connectivity index (χ0) is 22.0. The summed E-state index contributed by atoms with van der Waals surface area (Å²) in [5.41, 5.74) is 2.16. The third kappa shape index (κ3) is 4.25. The van der Waals surface area contributed by atoms with Gasteiger partial charge in [-0.3, -0.25) is 9.59 Å². The second-order valence-corrected chi connectivity index (χ2v) is 9.54. The summed E-state index contributed by atoms with van der Waals surface area (Å²) >= 11 is 0. The first-order chi connectivity index (χ1) is 14.9. The first-order valence-corrected chi connectivity index (χ1v) is 11.6. The molecule has 1 atom stereocenters. The van der Waals surface area contributed by atoms with Crippen LogP contribution < -0.4 is 5.32 Å². The largest absolute Gasteiger partial charge is 0.354 e.